The summed E-state index contributed by atoms with van der Waals surface area (Å²) in [4.78, 5) is 0.168. The first kappa shape index (κ1) is 13.9. The van der Waals surface area contributed by atoms with E-state index in [9.17, 15) is 8.42 Å². The molecule has 5 heteroatoms. The molecule has 1 heterocycles. The Bertz CT molecular complexity index is 752. The van der Waals surface area contributed by atoms with Gasteiger partial charge in [0.15, 0.2) is 5.75 Å². The highest BCUT2D eigenvalue weighted by Gasteiger charge is 2.20. The van der Waals surface area contributed by atoms with Gasteiger partial charge in [-0.1, -0.05) is 29.8 Å². The Balaban J connectivity index is 1.94. The maximum atomic E-state index is 12.3. The molecular weight excluding hydrogens is 286 g/mol. The summed E-state index contributed by atoms with van der Waals surface area (Å²) < 4.78 is 30.0. The number of benzene rings is 2. The minimum absolute atomic E-state index is 0.168. The SMILES string of the molecule is Cc1ccc(S(=O)(=O)Oc2cccc3c2NCCC3)cc1. The lowest BCUT2D eigenvalue weighted by atomic mass is 10.0. The molecular formula is C16H17NO3S. The second-order valence-corrected chi connectivity index (χ2v) is 6.72. The van der Waals surface area contributed by atoms with Crippen LogP contribution in [0.15, 0.2) is 47.4 Å². The van der Waals surface area contributed by atoms with Crippen molar-refractivity contribution in [1.29, 1.82) is 0 Å². The summed E-state index contributed by atoms with van der Waals surface area (Å²) in [5.41, 5.74) is 2.89. The third-order valence-corrected chi connectivity index (χ3v) is 4.79. The lowest BCUT2D eigenvalue weighted by Crippen LogP contribution is -2.16. The second kappa shape index (κ2) is 5.41. The Morgan fingerprint density at radius 2 is 1.86 bits per heavy atom. The Hall–Kier alpha value is -2.01. The van der Waals surface area contributed by atoms with Crippen molar-refractivity contribution >= 4 is 15.8 Å². The van der Waals surface area contributed by atoms with Gasteiger partial charge in [-0.05, 0) is 43.5 Å². The fourth-order valence-electron chi connectivity index (χ4n) is 2.42. The summed E-state index contributed by atoms with van der Waals surface area (Å²) in [6, 6.07) is 12.1. The first-order valence-electron chi connectivity index (χ1n) is 6.93. The van der Waals surface area contributed by atoms with Gasteiger partial charge in [-0.15, -0.1) is 0 Å². The van der Waals surface area contributed by atoms with Crippen LogP contribution in [0.3, 0.4) is 0 Å². The lowest BCUT2D eigenvalue weighted by molar-refractivity contribution is 0.486. The highest BCUT2D eigenvalue weighted by atomic mass is 32.2. The number of para-hydroxylation sites is 1. The molecule has 0 saturated heterocycles. The average Bonchev–Trinajstić information content (AvgIpc) is 2.48. The van der Waals surface area contributed by atoms with Crippen molar-refractivity contribution in [1.82, 2.24) is 0 Å². The van der Waals surface area contributed by atoms with E-state index < -0.39 is 10.1 Å². The number of anilines is 1. The molecule has 0 aliphatic carbocycles. The van der Waals surface area contributed by atoms with Crippen molar-refractivity contribution in [2.45, 2.75) is 24.7 Å². The minimum Gasteiger partial charge on any atom is -0.382 e. The van der Waals surface area contributed by atoms with Gasteiger partial charge in [0.1, 0.15) is 4.90 Å². The molecule has 0 atom stereocenters. The molecule has 21 heavy (non-hydrogen) atoms. The number of aryl methyl sites for hydroxylation is 2. The highest BCUT2D eigenvalue weighted by Crippen LogP contribution is 2.33. The predicted octanol–water partition coefficient (Wildman–Crippen LogP) is 3.12. The lowest BCUT2D eigenvalue weighted by Gasteiger charge is -2.20. The van der Waals surface area contributed by atoms with E-state index >= 15 is 0 Å². The highest BCUT2D eigenvalue weighted by molar-refractivity contribution is 7.87. The molecule has 0 spiro atoms. The van der Waals surface area contributed by atoms with Gasteiger partial charge < -0.3 is 9.50 Å². The smallest absolute Gasteiger partial charge is 0.339 e. The van der Waals surface area contributed by atoms with Gasteiger partial charge in [0, 0.05) is 6.54 Å². The van der Waals surface area contributed by atoms with E-state index in [0.29, 0.717) is 5.75 Å². The van der Waals surface area contributed by atoms with E-state index in [0.717, 1.165) is 36.2 Å². The van der Waals surface area contributed by atoms with E-state index in [1.165, 1.54) is 0 Å². The van der Waals surface area contributed by atoms with Crippen LogP contribution in [0.5, 0.6) is 5.75 Å². The van der Waals surface area contributed by atoms with Crippen molar-refractivity contribution in [3.63, 3.8) is 0 Å². The molecule has 0 radical (unpaired) electrons. The summed E-state index contributed by atoms with van der Waals surface area (Å²) in [7, 11) is -3.80. The fourth-order valence-corrected chi connectivity index (χ4v) is 3.36. The molecule has 0 aromatic heterocycles. The van der Waals surface area contributed by atoms with Crippen LogP contribution >= 0.6 is 0 Å². The number of nitrogens with one attached hydrogen (secondary N) is 1. The fraction of sp³-hybridized carbons (Fsp3) is 0.250. The molecule has 1 aliphatic rings. The topological polar surface area (TPSA) is 55.4 Å². The first-order valence-corrected chi connectivity index (χ1v) is 8.34. The van der Waals surface area contributed by atoms with Crippen LogP contribution in [-0.4, -0.2) is 15.0 Å². The largest absolute Gasteiger partial charge is 0.382 e. The monoisotopic (exact) mass is 303 g/mol. The van der Waals surface area contributed by atoms with E-state index in [1.54, 1.807) is 30.3 Å². The van der Waals surface area contributed by atoms with Crippen molar-refractivity contribution in [2.75, 3.05) is 11.9 Å². The molecule has 110 valence electrons. The molecule has 0 unspecified atom stereocenters. The summed E-state index contributed by atoms with van der Waals surface area (Å²) >= 11 is 0. The second-order valence-electron chi connectivity index (χ2n) is 5.17. The third kappa shape index (κ3) is 2.88. The maximum absolute atomic E-state index is 12.3. The van der Waals surface area contributed by atoms with Crippen molar-refractivity contribution < 1.29 is 12.6 Å². The summed E-state index contributed by atoms with van der Waals surface area (Å²) in [5, 5.41) is 3.22. The normalized spacial score (nSPS) is 14.1. The van der Waals surface area contributed by atoms with Gasteiger partial charge >= 0.3 is 10.1 Å². The maximum Gasteiger partial charge on any atom is 0.339 e. The number of fused-ring (bicyclic) bond motifs is 1. The molecule has 2 aromatic rings. The zero-order chi connectivity index (χ0) is 14.9. The Morgan fingerprint density at radius 1 is 1.10 bits per heavy atom. The molecule has 0 fully saturated rings. The Morgan fingerprint density at radius 3 is 2.62 bits per heavy atom. The van der Waals surface area contributed by atoms with Crippen LogP contribution in [0.1, 0.15) is 17.5 Å². The van der Waals surface area contributed by atoms with Gasteiger partial charge in [-0.2, -0.15) is 8.42 Å². The molecule has 3 rings (SSSR count). The third-order valence-electron chi connectivity index (χ3n) is 3.55. The van der Waals surface area contributed by atoms with Crippen LogP contribution in [0.25, 0.3) is 0 Å². The quantitative estimate of drug-likeness (QED) is 0.885. The molecule has 1 N–H and O–H groups in total. The Labute approximate surface area is 124 Å². The van der Waals surface area contributed by atoms with E-state index in [-0.39, 0.29) is 4.90 Å². The predicted molar refractivity (Wildman–Crippen MR) is 82.2 cm³/mol. The van der Waals surface area contributed by atoms with Crippen LogP contribution in [0.4, 0.5) is 5.69 Å². The van der Waals surface area contributed by atoms with Crippen LogP contribution in [-0.2, 0) is 16.5 Å². The van der Waals surface area contributed by atoms with Crippen molar-refractivity contribution in [3.8, 4) is 5.75 Å². The summed E-state index contributed by atoms with van der Waals surface area (Å²) in [6.45, 7) is 2.74. The average molecular weight is 303 g/mol. The minimum atomic E-state index is -3.80. The standard InChI is InChI=1S/C16H17NO3S/c1-12-7-9-14(10-8-12)21(18,19)20-15-6-2-4-13-5-3-11-17-16(13)15/h2,4,6-10,17H,3,5,11H2,1H3. The Kier molecular flexibility index (Phi) is 3.59. The molecule has 0 bridgehead atoms. The van der Waals surface area contributed by atoms with Gasteiger partial charge in [0.05, 0.1) is 5.69 Å². The van der Waals surface area contributed by atoms with Gasteiger partial charge in [-0.3, -0.25) is 0 Å². The van der Waals surface area contributed by atoms with Crippen LogP contribution in [0, 0.1) is 6.92 Å². The van der Waals surface area contributed by atoms with Gasteiger partial charge in [0.25, 0.3) is 0 Å². The van der Waals surface area contributed by atoms with Crippen LogP contribution in [0.2, 0.25) is 0 Å². The zero-order valence-electron chi connectivity index (χ0n) is 11.8. The first-order chi connectivity index (χ1) is 10.1. The van der Waals surface area contributed by atoms with Crippen LogP contribution < -0.4 is 9.50 Å². The number of rotatable bonds is 3. The van der Waals surface area contributed by atoms with Gasteiger partial charge in [-0.25, -0.2) is 0 Å². The molecule has 0 amide bonds. The number of hydrogen-bond acceptors (Lipinski definition) is 4. The van der Waals surface area contributed by atoms with Gasteiger partial charge in [0.2, 0.25) is 0 Å². The number of hydrogen-bond donors (Lipinski definition) is 1. The van der Waals surface area contributed by atoms with E-state index in [2.05, 4.69) is 5.32 Å². The molecule has 1 aliphatic heterocycles. The molecule has 4 nitrogen and oxygen atoms in total. The molecule has 0 saturated carbocycles. The molecule has 2 aromatic carbocycles. The van der Waals surface area contributed by atoms with Crippen molar-refractivity contribution in [3.05, 3.63) is 53.6 Å². The van der Waals surface area contributed by atoms with Crippen molar-refractivity contribution in [2.24, 2.45) is 0 Å². The summed E-state index contributed by atoms with van der Waals surface area (Å²) in [5.74, 6) is 0.368. The van der Waals surface area contributed by atoms with E-state index in [1.807, 2.05) is 19.1 Å². The summed E-state index contributed by atoms with van der Waals surface area (Å²) in [6.07, 6.45) is 1.98. The van der Waals surface area contributed by atoms with E-state index in [4.69, 9.17) is 4.18 Å². The zero-order valence-corrected chi connectivity index (χ0v) is 12.6.